The molecule has 1 N–H and O–H groups in total. The van der Waals surface area contributed by atoms with Gasteiger partial charge in [-0.3, -0.25) is 0 Å². The predicted molar refractivity (Wildman–Crippen MR) is 81.9 cm³/mol. The second-order valence-electron chi connectivity index (χ2n) is 5.20. The van der Waals surface area contributed by atoms with E-state index in [1.807, 2.05) is 24.3 Å². The Bertz CT molecular complexity index is 637. The molecule has 0 aromatic heterocycles. The van der Waals surface area contributed by atoms with Gasteiger partial charge in [-0.1, -0.05) is 53.2 Å². The summed E-state index contributed by atoms with van der Waals surface area (Å²) in [6.45, 7) is 0. The Morgan fingerprint density at radius 1 is 1.15 bits per heavy atom. The summed E-state index contributed by atoms with van der Waals surface area (Å²) in [7, 11) is 0. The maximum atomic E-state index is 9.14. The highest BCUT2D eigenvalue weighted by atomic mass is 35.5. The Morgan fingerprint density at radius 3 is 2.70 bits per heavy atom. The fourth-order valence-corrected chi connectivity index (χ4v) is 3.13. The van der Waals surface area contributed by atoms with Crippen molar-refractivity contribution in [2.75, 3.05) is 0 Å². The highest BCUT2D eigenvalue weighted by Gasteiger charge is 2.25. The highest BCUT2D eigenvalue weighted by Crippen LogP contribution is 2.35. The molecule has 0 saturated heterocycles. The van der Waals surface area contributed by atoms with Crippen LogP contribution in [0.2, 0.25) is 5.02 Å². The molecule has 2 aromatic rings. The van der Waals surface area contributed by atoms with E-state index in [4.69, 9.17) is 16.8 Å². The number of benzene rings is 2. The first kappa shape index (κ1) is 13.2. The molecule has 102 valence electrons. The van der Waals surface area contributed by atoms with Crippen LogP contribution < -0.4 is 0 Å². The number of fused-ring (bicyclic) bond motifs is 1. The van der Waals surface area contributed by atoms with Gasteiger partial charge in [-0.15, -0.1) is 0 Å². The molecule has 0 bridgehead atoms. The first-order chi connectivity index (χ1) is 9.78. The van der Waals surface area contributed by atoms with E-state index in [-0.39, 0.29) is 0 Å². The lowest BCUT2D eigenvalue weighted by atomic mass is 9.79. The van der Waals surface area contributed by atoms with Gasteiger partial charge in [0.05, 0.1) is 5.71 Å². The highest BCUT2D eigenvalue weighted by molar-refractivity contribution is 6.30. The van der Waals surface area contributed by atoms with Crippen molar-refractivity contribution in [3.05, 3.63) is 70.2 Å². The first-order valence-electron chi connectivity index (χ1n) is 6.82. The summed E-state index contributed by atoms with van der Waals surface area (Å²) in [4.78, 5) is 0. The molecule has 0 fully saturated rings. The molecule has 2 nitrogen and oxygen atoms in total. The molecule has 0 radical (unpaired) electrons. The van der Waals surface area contributed by atoms with E-state index in [1.54, 1.807) is 0 Å². The van der Waals surface area contributed by atoms with E-state index in [0.29, 0.717) is 5.92 Å². The number of oxime groups is 1. The molecule has 0 saturated carbocycles. The average molecular weight is 286 g/mol. The standard InChI is InChI=1S/C17H16ClNO/c18-14-7-8-15-16(11-14)13(6-9-17(15)19-20)10-12-4-2-1-3-5-12/h1-5,7-8,11,13,20H,6,9-10H2/b19-17-. The minimum absolute atomic E-state index is 0.427. The van der Waals surface area contributed by atoms with Gasteiger partial charge in [-0.25, -0.2) is 0 Å². The van der Waals surface area contributed by atoms with Crippen LogP contribution >= 0.6 is 11.6 Å². The summed E-state index contributed by atoms with van der Waals surface area (Å²) in [5.74, 6) is 0.427. The van der Waals surface area contributed by atoms with Crippen molar-refractivity contribution in [2.45, 2.75) is 25.2 Å². The van der Waals surface area contributed by atoms with Crippen molar-refractivity contribution >= 4 is 17.3 Å². The number of halogens is 1. The van der Waals surface area contributed by atoms with Crippen LogP contribution in [0.25, 0.3) is 0 Å². The normalized spacial score (nSPS) is 19.9. The van der Waals surface area contributed by atoms with Crippen LogP contribution in [0.3, 0.4) is 0 Å². The maximum absolute atomic E-state index is 9.14. The van der Waals surface area contributed by atoms with Crippen molar-refractivity contribution in [3.8, 4) is 0 Å². The molecule has 0 heterocycles. The van der Waals surface area contributed by atoms with Gasteiger partial charge in [0.25, 0.3) is 0 Å². The zero-order chi connectivity index (χ0) is 13.9. The summed E-state index contributed by atoms with van der Waals surface area (Å²) in [6.07, 6.45) is 2.79. The zero-order valence-electron chi connectivity index (χ0n) is 11.1. The van der Waals surface area contributed by atoms with Crippen LogP contribution in [0.1, 0.15) is 35.4 Å². The van der Waals surface area contributed by atoms with Crippen LogP contribution in [-0.4, -0.2) is 10.9 Å². The molecule has 1 aliphatic carbocycles. The Labute approximate surface area is 123 Å². The lowest BCUT2D eigenvalue weighted by Crippen LogP contribution is -2.18. The summed E-state index contributed by atoms with van der Waals surface area (Å²) in [6, 6.07) is 16.3. The van der Waals surface area contributed by atoms with E-state index in [0.717, 1.165) is 35.6 Å². The lowest BCUT2D eigenvalue weighted by molar-refractivity contribution is 0.317. The van der Waals surface area contributed by atoms with Crippen LogP contribution in [0, 0.1) is 0 Å². The second kappa shape index (κ2) is 5.68. The zero-order valence-corrected chi connectivity index (χ0v) is 11.8. The average Bonchev–Trinajstić information content (AvgIpc) is 2.49. The fraction of sp³-hybridized carbons (Fsp3) is 0.235. The number of rotatable bonds is 2. The summed E-state index contributed by atoms with van der Waals surface area (Å²) < 4.78 is 0. The largest absolute Gasteiger partial charge is 0.411 e. The van der Waals surface area contributed by atoms with Crippen LogP contribution in [0.4, 0.5) is 0 Å². The molecule has 0 spiro atoms. The van der Waals surface area contributed by atoms with E-state index < -0.39 is 0 Å². The van der Waals surface area contributed by atoms with E-state index >= 15 is 0 Å². The van der Waals surface area contributed by atoms with Gasteiger partial charge < -0.3 is 5.21 Å². The Morgan fingerprint density at radius 2 is 1.95 bits per heavy atom. The van der Waals surface area contributed by atoms with E-state index in [9.17, 15) is 0 Å². The summed E-state index contributed by atoms with van der Waals surface area (Å²) >= 11 is 6.13. The van der Waals surface area contributed by atoms with Crippen molar-refractivity contribution in [1.29, 1.82) is 0 Å². The molecular formula is C17H16ClNO. The molecule has 20 heavy (non-hydrogen) atoms. The van der Waals surface area contributed by atoms with Gasteiger partial charge in [0.15, 0.2) is 0 Å². The first-order valence-corrected chi connectivity index (χ1v) is 7.20. The monoisotopic (exact) mass is 285 g/mol. The van der Waals surface area contributed by atoms with Gasteiger partial charge in [0.1, 0.15) is 0 Å². The smallest absolute Gasteiger partial charge is 0.0870 e. The molecular weight excluding hydrogens is 270 g/mol. The third kappa shape index (κ3) is 2.56. The number of hydrogen-bond acceptors (Lipinski definition) is 2. The molecule has 2 aromatic carbocycles. The van der Waals surface area contributed by atoms with Crippen molar-refractivity contribution in [1.82, 2.24) is 0 Å². The molecule has 3 heteroatoms. The van der Waals surface area contributed by atoms with Crippen LogP contribution in [0.15, 0.2) is 53.7 Å². The Hall–Kier alpha value is -1.80. The minimum Gasteiger partial charge on any atom is -0.411 e. The third-order valence-corrected chi connectivity index (χ3v) is 4.17. The van der Waals surface area contributed by atoms with Crippen molar-refractivity contribution < 1.29 is 5.21 Å². The minimum atomic E-state index is 0.427. The molecule has 3 rings (SSSR count). The van der Waals surface area contributed by atoms with Gasteiger partial charge >= 0.3 is 0 Å². The maximum Gasteiger partial charge on any atom is 0.0870 e. The van der Waals surface area contributed by atoms with Gasteiger partial charge in [0.2, 0.25) is 0 Å². The Balaban J connectivity index is 1.96. The summed E-state index contributed by atoms with van der Waals surface area (Å²) in [5, 5.41) is 13.3. The molecule has 1 unspecified atom stereocenters. The van der Waals surface area contributed by atoms with E-state index in [2.05, 4.69) is 29.4 Å². The molecule has 0 aliphatic heterocycles. The predicted octanol–water partition coefficient (Wildman–Crippen LogP) is 4.64. The SMILES string of the molecule is O/N=C1/CCC(Cc2ccccc2)c2cc(Cl)ccc21. The fourth-order valence-electron chi connectivity index (χ4n) is 2.95. The second-order valence-corrected chi connectivity index (χ2v) is 5.64. The van der Waals surface area contributed by atoms with Crippen molar-refractivity contribution in [2.24, 2.45) is 5.16 Å². The lowest BCUT2D eigenvalue weighted by Gasteiger charge is -2.26. The van der Waals surface area contributed by atoms with Crippen molar-refractivity contribution in [3.63, 3.8) is 0 Å². The van der Waals surface area contributed by atoms with E-state index in [1.165, 1.54) is 11.1 Å². The van der Waals surface area contributed by atoms with Crippen LogP contribution in [-0.2, 0) is 6.42 Å². The Kier molecular flexibility index (Phi) is 3.75. The third-order valence-electron chi connectivity index (χ3n) is 3.94. The van der Waals surface area contributed by atoms with Crippen LogP contribution in [0.5, 0.6) is 0 Å². The number of nitrogens with zero attached hydrogens (tertiary/aromatic N) is 1. The quantitative estimate of drug-likeness (QED) is 0.633. The molecule has 1 aliphatic rings. The van der Waals surface area contributed by atoms with Gasteiger partial charge in [-0.05, 0) is 48.4 Å². The number of hydrogen-bond donors (Lipinski definition) is 1. The van der Waals surface area contributed by atoms with Gasteiger partial charge in [0, 0.05) is 10.6 Å². The van der Waals surface area contributed by atoms with Gasteiger partial charge in [-0.2, -0.15) is 0 Å². The topological polar surface area (TPSA) is 32.6 Å². The molecule has 0 amide bonds. The summed E-state index contributed by atoms with van der Waals surface area (Å²) in [5.41, 5.74) is 4.32. The molecule has 1 atom stereocenters.